The van der Waals surface area contributed by atoms with Gasteiger partial charge in [-0.05, 0) is 112 Å². The molecular formula is C40H58N4OS. The van der Waals surface area contributed by atoms with Crippen molar-refractivity contribution in [1.29, 1.82) is 0 Å². The second-order valence-corrected chi connectivity index (χ2v) is 18.1. The Bertz CT molecular complexity index is 1580. The maximum Gasteiger partial charge on any atom is 0.166 e. The zero-order chi connectivity index (χ0) is 34.2. The summed E-state index contributed by atoms with van der Waals surface area (Å²) in [5.41, 5.74) is 12.2. The molecule has 0 unspecified atom stereocenters. The number of nitrogen functional groups attached to an aromatic ring is 1. The van der Waals surface area contributed by atoms with Crippen LogP contribution in [0.3, 0.4) is 0 Å². The highest BCUT2D eigenvalue weighted by Crippen LogP contribution is 2.40. The van der Waals surface area contributed by atoms with E-state index in [9.17, 15) is 0 Å². The molecule has 6 heteroatoms. The maximum atomic E-state index is 6.54. The van der Waals surface area contributed by atoms with E-state index in [4.69, 9.17) is 15.5 Å². The molecule has 0 bridgehead atoms. The number of anilines is 1. The number of thiazole rings is 1. The number of nitrogens with two attached hydrogens (primary N) is 1. The predicted molar refractivity (Wildman–Crippen MR) is 197 cm³/mol. The number of hydrogen-bond acceptors (Lipinski definition) is 6. The molecule has 5 nitrogen and oxygen atoms in total. The van der Waals surface area contributed by atoms with Gasteiger partial charge in [-0.25, -0.2) is 9.97 Å². The molecule has 250 valence electrons. The van der Waals surface area contributed by atoms with E-state index in [1.54, 1.807) is 11.3 Å². The highest BCUT2D eigenvalue weighted by Gasteiger charge is 2.30. The molecule has 1 fully saturated rings. The third-order valence-corrected chi connectivity index (χ3v) is 10.8. The zero-order valence-electron chi connectivity index (χ0n) is 30.8. The lowest BCUT2D eigenvalue weighted by molar-refractivity contribution is 0.102. The topological polar surface area (TPSA) is 64.3 Å². The van der Waals surface area contributed by atoms with Crippen LogP contribution in [0.25, 0.3) is 10.4 Å². The van der Waals surface area contributed by atoms with Gasteiger partial charge < -0.3 is 10.5 Å². The van der Waals surface area contributed by atoms with Crippen LogP contribution < -0.4 is 10.5 Å². The van der Waals surface area contributed by atoms with Crippen molar-refractivity contribution in [1.82, 2.24) is 14.9 Å². The van der Waals surface area contributed by atoms with Crippen LogP contribution in [0, 0.1) is 23.2 Å². The molecule has 1 aliphatic rings. The first-order chi connectivity index (χ1) is 21.2. The van der Waals surface area contributed by atoms with Crippen LogP contribution in [0.5, 0.6) is 5.75 Å². The summed E-state index contributed by atoms with van der Waals surface area (Å²) in [5.74, 6) is 9.03. The van der Waals surface area contributed by atoms with Crippen LogP contribution in [0.2, 0.25) is 0 Å². The molecule has 1 saturated heterocycles. The number of likely N-dealkylation sites (tertiary alicyclic amines) is 1. The van der Waals surface area contributed by atoms with Gasteiger partial charge in [0.15, 0.2) is 11.6 Å². The van der Waals surface area contributed by atoms with E-state index in [0.717, 1.165) is 47.5 Å². The molecule has 0 saturated carbocycles. The highest BCUT2D eigenvalue weighted by molar-refractivity contribution is 7.15. The van der Waals surface area contributed by atoms with Crippen molar-refractivity contribution in [2.24, 2.45) is 11.3 Å². The van der Waals surface area contributed by atoms with E-state index in [0.29, 0.717) is 30.0 Å². The first kappa shape index (κ1) is 36.0. The van der Waals surface area contributed by atoms with Gasteiger partial charge in [0, 0.05) is 40.4 Å². The Morgan fingerprint density at radius 1 is 0.913 bits per heavy atom. The van der Waals surface area contributed by atoms with E-state index in [-0.39, 0.29) is 21.8 Å². The average molecular weight is 643 g/mol. The molecule has 1 aromatic carbocycles. The van der Waals surface area contributed by atoms with Crippen molar-refractivity contribution < 1.29 is 4.74 Å². The molecule has 0 radical (unpaired) electrons. The summed E-state index contributed by atoms with van der Waals surface area (Å²) in [6, 6.07) is 6.53. The largest absolute Gasteiger partial charge is 0.485 e. The number of hydrogen-bond donors (Lipinski definition) is 1. The summed E-state index contributed by atoms with van der Waals surface area (Å²) in [6.07, 6.45) is 6.11. The summed E-state index contributed by atoms with van der Waals surface area (Å²) in [7, 11) is 0. The van der Waals surface area contributed by atoms with E-state index in [1.807, 2.05) is 18.5 Å². The second kappa shape index (κ2) is 13.3. The van der Waals surface area contributed by atoms with Gasteiger partial charge in [-0.3, -0.25) is 4.90 Å². The van der Waals surface area contributed by atoms with Crippen LogP contribution in [0.4, 0.5) is 5.82 Å². The fourth-order valence-electron chi connectivity index (χ4n) is 6.01. The average Bonchev–Trinajstić information content (AvgIpc) is 3.44. The number of piperidine rings is 1. The van der Waals surface area contributed by atoms with Gasteiger partial charge in [0.25, 0.3) is 0 Å². The van der Waals surface area contributed by atoms with Gasteiger partial charge in [0.1, 0.15) is 6.61 Å². The van der Waals surface area contributed by atoms with Crippen molar-refractivity contribution in [3.8, 4) is 28.0 Å². The van der Waals surface area contributed by atoms with Crippen LogP contribution in [0.1, 0.15) is 136 Å². The summed E-state index contributed by atoms with van der Waals surface area (Å²) in [4.78, 5) is 13.1. The highest BCUT2D eigenvalue weighted by atomic mass is 32.1. The van der Waals surface area contributed by atoms with Gasteiger partial charge in [-0.15, -0.1) is 11.3 Å². The Labute approximate surface area is 283 Å². The number of aromatic nitrogens is 2. The number of benzene rings is 1. The van der Waals surface area contributed by atoms with E-state index in [2.05, 4.69) is 124 Å². The molecule has 4 rings (SSSR count). The fourth-order valence-corrected chi connectivity index (χ4v) is 7.08. The number of pyridine rings is 1. The molecule has 2 N–H and O–H groups in total. The minimum absolute atomic E-state index is 0.0592. The minimum Gasteiger partial charge on any atom is -0.485 e. The summed E-state index contributed by atoms with van der Waals surface area (Å²) in [5, 5.41) is 1.21. The van der Waals surface area contributed by atoms with Gasteiger partial charge in [0.05, 0.1) is 9.88 Å². The van der Waals surface area contributed by atoms with Crippen LogP contribution in [-0.2, 0) is 17.4 Å². The Morgan fingerprint density at radius 2 is 1.57 bits per heavy atom. The Balaban J connectivity index is 1.63. The normalized spacial score (nSPS) is 15.6. The lowest BCUT2D eigenvalue weighted by atomic mass is 9.72. The lowest BCUT2D eigenvalue weighted by Gasteiger charge is -2.40. The molecule has 2 aromatic heterocycles. The van der Waals surface area contributed by atoms with Gasteiger partial charge in [0.2, 0.25) is 0 Å². The molecular weight excluding hydrogens is 585 g/mol. The molecule has 0 amide bonds. The van der Waals surface area contributed by atoms with Gasteiger partial charge >= 0.3 is 0 Å². The van der Waals surface area contributed by atoms with Gasteiger partial charge in [-0.1, -0.05) is 67.2 Å². The Hall–Kier alpha value is -2.88. The molecule has 3 aromatic rings. The minimum atomic E-state index is -0.0851. The summed E-state index contributed by atoms with van der Waals surface area (Å²) in [6.45, 7) is 32.1. The zero-order valence-corrected chi connectivity index (χ0v) is 31.6. The molecule has 3 heterocycles. The molecule has 0 aliphatic carbocycles. The number of ether oxygens (including phenoxy) is 1. The first-order valence-electron chi connectivity index (χ1n) is 17.0. The quantitative estimate of drug-likeness (QED) is 0.271. The standard InChI is InChI=1S/C40H58N4OS/c1-26(2)40(12,13)17-14-27-20-30(34(38(6,7)8)31(21-27)37(3,4)5)25-45-32-22-29(23-42-35(32)41)33-24-43-36(46-33)28-15-18-44(19-16-28)39(9,10)11/h20-24,26,28H,15-16,18-19,25H2,1-13H3,(H2,41,42). The second-order valence-electron chi connectivity index (χ2n) is 17.1. The van der Waals surface area contributed by atoms with E-state index >= 15 is 0 Å². The van der Waals surface area contributed by atoms with E-state index < -0.39 is 0 Å². The molecule has 1 aliphatic heterocycles. The third kappa shape index (κ3) is 8.52. The molecule has 46 heavy (non-hydrogen) atoms. The SMILES string of the molecule is CC(C)C(C)(C)C#Cc1cc(COc2cc(-c3cnc(C4CCN(C(C)(C)C)CC4)s3)cnc2N)c(C(C)(C)C)c(C(C)(C)C)c1. The van der Waals surface area contributed by atoms with Crippen LogP contribution in [-0.4, -0.2) is 33.5 Å². The maximum absolute atomic E-state index is 6.54. The van der Waals surface area contributed by atoms with Crippen molar-refractivity contribution in [2.45, 2.75) is 132 Å². The number of rotatable bonds is 6. The number of nitrogens with zero attached hydrogens (tertiary/aromatic N) is 3. The van der Waals surface area contributed by atoms with Crippen LogP contribution >= 0.6 is 11.3 Å². The van der Waals surface area contributed by atoms with Gasteiger partial charge in [-0.2, -0.15) is 0 Å². The smallest absolute Gasteiger partial charge is 0.166 e. The molecule has 0 spiro atoms. The van der Waals surface area contributed by atoms with Crippen molar-refractivity contribution in [3.63, 3.8) is 0 Å². The van der Waals surface area contributed by atoms with Crippen LogP contribution in [0.15, 0.2) is 30.6 Å². The fraction of sp³-hybridized carbons (Fsp3) is 0.600. The monoisotopic (exact) mass is 642 g/mol. The summed E-state index contributed by atoms with van der Waals surface area (Å²) < 4.78 is 6.54. The summed E-state index contributed by atoms with van der Waals surface area (Å²) >= 11 is 1.77. The lowest BCUT2D eigenvalue weighted by Crippen LogP contribution is -2.45. The Morgan fingerprint density at radius 3 is 2.13 bits per heavy atom. The van der Waals surface area contributed by atoms with Crippen molar-refractivity contribution in [2.75, 3.05) is 18.8 Å². The van der Waals surface area contributed by atoms with Crippen molar-refractivity contribution in [3.05, 3.63) is 57.9 Å². The van der Waals surface area contributed by atoms with E-state index in [1.165, 1.54) is 16.1 Å². The third-order valence-electron chi connectivity index (χ3n) is 9.62. The first-order valence-corrected chi connectivity index (χ1v) is 17.8. The Kier molecular flexibility index (Phi) is 10.4. The predicted octanol–water partition coefficient (Wildman–Crippen LogP) is 9.97. The van der Waals surface area contributed by atoms with Crippen molar-refractivity contribution >= 4 is 17.2 Å². The molecule has 0 atom stereocenters.